The molecule has 0 aliphatic carbocycles. The molecule has 1 atom stereocenters. The van der Waals surface area contributed by atoms with E-state index < -0.39 is 6.04 Å². The largest absolute Gasteiger partial charge is 0.351 e. The van der Waals surface area contributed by atoms with E-state index in [9.17, 15) is 9.59 Å². The average molecular weight is 299 g/mol. The summed E-state index contributed by atoms with van der Waals surface area (Å²) in [6.45, 7) is 2.30. The third kappa shape index (κ3) is 2.86. The summed E-state index contributed by atoms with van der Waals surface area (Å²) in [4.78, 5) is 26.4. The van der Waals surface area contributed by atoms with E-state index in [0.717, 1.165) is 12.1 Å². The lowest BCUT2D eigenvalue weighted by Crippen LogP contribution is -2.43. The number of hydrogen-bond donors (Lipinski definition) is 1. The van der Waals surface area contributed by atoms with E-state index in [0.29, 0.717) is 18.7 Å². The summed E-state index contributed by atoms with van der Waals surface area (Å²) >= 11 is 0. The van der Waals surface area contributed by atoms with Crippen molar-refractivity contribution in [2.24, 2.45) is 0 Å². The molecule has 6 heteroatoms. The lowest BCUT2D eigenvalue weighted by atomic mass is 10.2. The van der Waals surface area contributed by atoms with E-state index >= 15 is 0 Å². The van der Waals surface area contributed by atoms with Crippen LogP contribution in [0.3, 0.4) is 0 Å². The van der Waals surface area contributed by atoms with Crippen LogP contribution in [0.1, 0.15) is 29.1 Å². The van der Waals surface area contributed by atoms with Crippen LogP contribution >= 0.6 is 0 Å². The van der Waals surface area contributed by atoms with Crippen LogP contribution < -0.4 is 5.32 Å². The second-order valence-electron chi connectivity index (χ2n) is 5.34. The predicted molar refractivity (Wildman–Crippen MR) is 80.4 cm³/mol. The maximum atomic E-state index is 12.4. The van der Waals surface area contributed by atoms with E-state index in [1.165, 1.54) is 0 Å². The highest BCUT2D eigenvalue weighted by atomic mass is 16.5. The topological polar surface area (TPSA) is 75.4 Å². The summed E-state index contributed by atoms with van der Waals surface area (Å²) in [6.07, 6.45) is 1.45. The van der Waals surface area contributed by atoms with Gasteiger partial charge in [0, 0.05) is 18.3 Å². The maximum Gasteiger partial charge on any atom is 0.293 e. The second kappa shape index (κ2) is 6.01. The number of likely N-dealkylation sites (tertiary alicyclic amines) is 1. The molecule has 1 aromatic heterocycles. The first-order chi connectivity index (χ1) is 10.6. The summed E-state index contributed by atoms with van der Waals surface area (Å²) in [5, 5.41) is 6.57. The number of aromatic nitrogens is 1. The summed E-state index contributed by atoms with van der Waals surface area (Å²) in [7, 11) is 0. The van der Waals surface area contributed by atoms with Gasteiger partial charge in [0.05, 0.1) is 5.69 Å². The van der Waals surface area contributed by atoms with Gasteiger partial charge in [-0.3, -0.25) is 9.59 Å². The molecule has 6 nitrogen and oxygen atoms in total. The molecule has 22 heavy (non-hydrogen) atoms. The molecule has 1 aliphatic rings. The fraction of sp³-hybridized carbons (Fsp3) is 0.312. The second-order valence-corrected chi connectivity index (χ2v) is 5.34. The molecule has 0 saturated carbocycles. The molecule has 0 spiro atoms. The molecule has 1 saturated heterocycles. The third-order valence-corrected chi connectivity index (χ3v) is 3.70. The Morgan fingerprint density at radius 3 is 2.77 bits per heavy atom. The highest BCUT2D eigenvalue weighted by Crippen LogP contribution is 2.22. The molecule has 0 unspecified atom stereocenters. The number of hydrogen-bond acceptors (Lipinski definition) is 4. The molecule has 2 amide bonds. The van der Waals surface area contributed by atoms with Crippen molar-refractivity contribution in [3.63, 3.8) is 0 Å². The van der Waals surface area contributed by atoms with Crippen molar-refractivity contribution < 1.29 is 14.1 Å². The lowest BCUT2D eigenvalue weighted by molar-refractivity contribution is -0.119. The first-order valence-corrected chi connectivity index (χ1v) is 7.25. The number of carbonyl (C=O) groups excluding carboxylic acids is 2. The zero-order valence-corrected chi connectivity index (χ0v) is 12.3. The standard InChI is InChI=1S/C16H17N3O3/c1-11-10-14(22-18-11)16(21)19-9-5-8-13(19)15(20)17-12-6-3-2-4-7-12/h2-4,6-7,10,13H,5,8-9H2,1H3,(H,17,20)/t13-/m0/s1. The Labute approximate surface area is 128 Å². The van der Waals surface area contributed by atoms with Crippen LogP contribution in [0.2, 0.25) is 0 Å². The Kier molecular flexibility index (Phi) is 3.91. The summed E-state index contributed by atoms with van der Waals surface area (Å²) in [5.41, 5.74) is 1.37. The van der Waals surface area contributed by atoms with Gasteiger partial charge in [0.1, 0.15) is 6.04 Å². The molecule has 114 valence electrons. The normalized spacial score (nSPS) is 17.5. The third-order valence-electron chi connectivity index (χ3n) is 3.70. The van der Waals surface area contributed by atoms with Crippen LogP contribution in [-0.4, -0.2) is 34.5 Å². The smallest absolute Gasteiger partial charge is 0.293 e. The number of amides is 2. The number of benzene rings is 1. The lowest BCUT2D eigenvalue weighted by Gasteiger charge is -2.22. The molecule has 2 aromatic rings. The zero-order chi connectivity index (χ0) is 15.5. The van der Waals surface area contributed by atoms with Crippen molar-refractivity contribution in [2.75, 3.05) is 11.9 Å². The number of nitrogens with one attached hydrogen (secondary N) is 1. The maximum absolute atomic E-state index is 12.4. The highest BCUT2D eigenvalue weighted by molar-refractivity contribution is 6.00. The van der Waals surface area contributed by atoms with Crippen LogP contribution in [0.5, 0.6) is 0 Å². The molecule has 1 N–H and O–H groups in total. The first-order valence-electron chi connectivity index (χ1n) is 7.25. The molecule has 1 aromatic carbocycles. The zero-order valence-electron chi connectivity index (χ0n) is 12.3. The van der Waals surface area contributed by atoms with Crippen molar-refractivity contribution in [1.29, 1.82) is 0 Å². The highest BCUT2D eigenvalue weighted by Gasteiger charge is 2.36. The van der Waals surface area contributed by atoms with Gasteiger partial charge in [-0.2, -0.15) is 0 Å². The van der Waals surface area contributed by atoms with E-state index in [4.69, 9.17) is 4.52 Å². The number of para-hydroxylation sites is 1. The number of aryl methyl sites for hydroxylation is 1. The van der Waals surface area contributed by atoms with E-state index in [1.54, 1.807) is 17.9 Å². The van der Waals surface area contributed by atoms with Gasteiger partial charge in [-0.1, -0.05) is 23.4 Å². The SMILES string of the molecule is Cc1cc(C(=O)N2CCC[C@H]2C(=O)Nc2ccccc2)on1. The van der Waals surface area contributed by atoms with Crippen molar-refractivity contribution in [2.45, 2.75) is 25.8 Å². The van der Waals surface area contributed by atoms with Crippen molar-refractivity contribution >= 4 is 17.5 Å². The molecule has 1 aliphatic heterocycles. The Morgan fingerprint density at radius 2 is 2.09 bits per heavy atom. The monoisotopic (exact) mass is 299 g/mol. The van der Waals surface area contributed by atoms with Gasteiger partial charge in [0.25, 0.3) is 5.91 Å². The quantitative estimate of drug-likeness (QED) is 0.943. The van der Waals surface area contributed by atoms with Crippen LogP contribution in [0.25, 0.3) is 0 Å². The van der Waals surface area contributed by atoms with Gasteiger partial charge >= 0.3 is 0 Å². The summed E-state index contributed by atoms with van der Waals surface area (Å²) in [5.74, 6) is -0.281. The number of rotatable bonds is 3. The summed E-state index contributed by atoms with van der Waals surface area (Å²) < 4.78 is 5.01. The van der Waals surface area contributed by atoms with Crippen LogP contribution in [0.4, 0.5) is 5.69 Å². The van der Waals surface area contributed by atoms with Gasteiger partial charge in [-0.15, -0.1) is 0 Å². The van der Waals surface area contributed by atoms with Gasteiger partial charge < -0.3 is 14.7 Å². The molecule has 2 heterocycles. The fourth-order valence-corrected chi connectivity index (χ4v) is 2.64. The molecular weight excluding hydrogens is 282 g/mol. The number of anilines is 1. The molecule has 0 bridgehead atoms. The van der Waals surface area contributed by atoms with Crippen molar-refractivity contribution in [1.82, 2.24) is 10.1 Å². The van der Waals surface area contributed by atoms with Gasteiger partial charge in [0.2, 0.25) is 11.7 Å². The Bertz CT molecular complexity index is 681. The summed E-state index contributed by atoms with van der Waals surface area (Å²) in [6, 6.07) is 10.3. The van der Waals surface area contributed by atoms with Crippen LogP contribution in [0.15, 0.2) is 40.9 Å². The number of nitrogens with zero attached hydrogens (tertiary/aromatic N) is 2. The number of carbonyl (C=O) groups is 2. The first kappa shape index (κ1) is 14.3. The average Bonchev–Trinajstić information content (AvgIpc) is 3.16. The van der Waals surface area contributed by atoms with Crippen LogP contribution in [-0.2, 0) is 4.79 Å². The van der Waals surface area contributed by atoms with E-state index in [-0.39, 0.29) is 17.6 Å². The van der Waals surface area contributed by atoms with Gasteiger partial charge in [-0.25, -0.2) is 0 Å². The Hall–Kier alpha value is -2.63. The minimum Gasteiger partial charge on any atom is -0.351 e. The van der Waals surface area contributed by atoms with Crippen LogP contribution in [0, 0.1) is 6.92 Å². The molecular formula is C16H17N3O3. The van der Waals surface area contributed by atoms with E-state index in [2.05, 4.69) is 10.5 Å². The molecule has 3 rings (SSSR count). The minimum atomic E-state index is -0.474. The Morgan fingerprint density at radius 1 is 1.32 bits per heavy atom. The minimum absolute atomic E-state index is 0.173. The predicted octanol–water partition coefficient (Wildman–Crippen LogP) is 2.23. The Balaban J connectivity index is 1.72. The van der Waals surface area contributed by atoms with Crippen molar-refractivity contribution in [3.05, 3.63) is 47.9 Å². The van der Waals surface area contributed by atoms with Crippen molar-refractivity contribution in [3.8, 4) is 0 Å². The molecule has 1 fully saturated rings. The molecule has 0 radical (unpaired) electrons. The van der Waals surface area contributed by atoms with Gasteiger partial charge in [-0.05, 0) is 31.9 Å². The van der Waals surface area contributed by atoms with E-state index in [1.807, 2.05) is 30.3 Å². The fourth-order valence-electron chi connectivity index (χ4n) is 2.64. The van der Waals surface area contributed by atoms with Gasteiger partial charge in [0.15, 0.2) is 0 Å².